The number of likely N-dealkylation sites (tertiary alicyclic amines) is 1. The maximum Gasteiger partial charge on any atom is 0.235 e. The summed E-state index contributed by atoms with van der Waals surface area (Å²) in [6.07, 6.45) is 24.0. The van der Waals surface area contributed by atoms with Crippen molar-refractivity contribution in [2.75, 3.05) is 0 Å². The van der Waals surface area contributed by atoms with E-state index in [1.165, 1.54) is 79.1 Å². The van der Waals surface area contributed by atoms with Crippen molar-refractivity contribution in [2.24, 2.45) is 5.92 Å². The molecule has 0 bridgehead atoms. The monoisotopic (exact) mass is 830 g/mol. The van der Waals surface area contributed by atoms with Crippen LogP contribution in [0.2, 0.25) is 0 Å². The number of allylic oxidation sites excluding steroid dienone is 8. The van der Waals surface area contributed by atoms with Crippen LogP contribution in [0.3, 0.4) is 0 Å². The van der Waals surface area contributed by atoms with Gasteiger partial charge < -0.3 is 4.90 Å². The van der Waals surface area contributed by atoms with Gasteiger partial charge in [0.15, 0.2) is 0 Å². The van der Waals surface area contributed by atoms with Gasteiger partial charge in [-0.15, -0.1) is 22.7 Å². The van der Waals surface area contributed by atoms with E-state index >= 15 is 0 Å². The van der Waals surface area contributed by atoms with Crippen molar-refractivity contribution in [3.05, 3.63) is 193 Å². The third kappa shape index (κ3) is 4.99. The van der Waals surface area contributed by atoms with Crippen LogP contribution in [0.5, 0.6) is 0 Å². The molecule has 3 atom stereocenters. The number of aromatic nitrogens is 3. The van der Waals surface area contributed by atoms with E-state index in [9.17, 15) is 0 Å². The lowest BCUT2D eigenvalue weighted by Gasteiger charge is -2.36. The summed E-state index contributed by atoms with van der Waals surface area (Å²) in [6.45, 7) is 0. The number of fused-ring (bicyclic) bond motifs is 14. The van der Waals surface area contributed by atoms with Crippen molar-refractivity contribution < 1.29 is 0 Å². The fraction of sp³-hybridized carbons (Fsp3) is 0.107. The summed E-state index contributed by atoms with van der Waals surface area (Å²) in [5, 5.41) is 8.79. The molecule has 0 N–H and O–H groups in total. The summed E-state index contributed by atoms with van der Waals surface area (Å²) >= 11 is 3.78. The molecule has 62 heavy (non-hydrogen) atoms. The zero-order valence-electron chi connectivity index (χ0n) is 33.7. The van der Waals surface area contributed by atoms with Gasteiger partial charge in [-0.05, 0) is 84.0 Å². The molecular weight excluding hydrogens is 793 g/mol. The first kappa shape index (κ1) is 34.8. The lowest BCUT2D eigenvalue weighted by Crippen LogP contribution is -2.37. The van der Waals surface area contributed by atoms with Gasteiger partial charge in [0.2, 0.25) is 5.95 Å². The number of rotatable bonds is 4. The fourth-order valence-electron chi connectivity index (χ4n) is 11.1. The van der Waals surface area contributed by atoms with Crippen LogP contribution in [-0.4, -0.2) is 31.5 Å². The third-order valence-corrected chi connectivity index (χ3v) is 16.3. The highest BCUT2D eigenvalue weighted by Crippen LogP contribution is 2.49. The summed E-state index contributed by atoms with van der Waals surface area (Å²) in [5.41, 5.74) is 10.9. The van der Waals surface area contributed by atoms with Crippen molar-refractivity contribution in [2.45, 2.75) is 31.3 Å². The highest BCUT2D eigenvalue weighted by atomic mass is 32.1. The van der Waals surface area contributed by atoms with Crippen molar-refractivity contribution >= 4 is 101 Å². The molecule has 0 amide bonds. The largest absolute Gasteiger partial charge is 0.360 e. The van der Waals surface area contributed by atoms with Crippen LogP contribution in [0.25, 0.3) is 95.7 Å². The maximum atomic E-state index is 5.67. The highest BCUT2D eigenvalue weighted by Gasteiger charge is 2.45. The Kier molecular flexibility index (Phi) is 7.48. The quantitative estimate of drug-likeness (QED) is 0.177. The van der Waals surface area contributed by atoms with Crippen LogP contribution in [0, 0.1) is 5.92 Å². The lowest BCUT2D eigenvalue weighted by molar-refractivity contribution is 0.273. The topological polar surface area (TPSA) is 34.0 Å². The molecule has 4 aliphatic rings. The number of thiophene rings is 2. The summed E-state index contributed by atoms with van der Waals surface area (Å²) in [6, 6.07) is 45.2. The summed E-state index contributed by atoms with van der Waals surface area (Å²) < 4.78 is 7.59. The van der Waals surface area contributed by atoms with E-state index in [0.717, 1.165) is 46.9 Å². The average Bonchev–Trinajstić information content (AvgIpc) is 4.08. The minimum atomic E-state index is 0.269. The number of para-hydroxylation sites is 1. The Morgan fingerprint density at radius 2 is 1.35 bits per heavy atom. The Labute approximate surface area is 366 Å². The summed E-state index contributed by atoms with van der Waals surface area (Å²) in [4.78, 5) is 13.8. The molecule has 14 rings (SSSR count). The molecule has 5 heterocycles. The van der Waals surface area contributed by atoms with E-state index < -0.39 is 0 Å². The van der Waals surface area contributed by atoms with E-state index in [1.807, 2.05) is 22.7 Å². The van der Waals surface area contributed by atoms with Gasteiger partial charge in [-0.1, -0.05) is 134 Å². The molecular formula is C56H38N4S2. The van der Waals surface area contributed by atoms with E-state index in [1.54, 1.807) is 0 Å². The number of nitrogens with zero attached hydrogens (tertiary/aromatic N) is 4. The minimum Gasteiger partial charge on any atom is -0.360 e. The first-order valence-electron chi connectivity index (χ1n) is 21.7. The van der Waals surface area contributed by atoms with Crippen molar-refractivity contribution in [3.63, 3.8) is 0 Å². The molecule has 6 heteroatoms. The standard InChI is InChI=1S/C56H38N4S2/c1-2-13-35(14-3-1)59-46-22-9-5-15-37(46)38-27-25-34(32-49(38)59)53-43-18-4-8-21-45(43)57-56(58-53)60-47-29-26-33(36-19-12-20-41-39-16-6-10-23-50(39)61-54(36)41)31-44(47)52-48(60)30-28-42-40-17-7-11-24-51(40)62-55(42)52/h1-2,4-13,15-31,37,46,49H,3,14,32H2. The second-order valence-corrected chi connectivity index (χ2v) is 19.2. The average molecular weight is 831 g/mol. The number of benzene rings is 6. The normalized spacial score (nSPS) is 19.6. The predicted octanol–water partition coefficient (Wildman–Crippen LogP) is 14.9. The van der Waals surface area contributed by atoms with Gasteiger partial charge >= 0.3 is 0 Å². The van der Waals surface area contributed by atoms with Crippen LogP contribution in [0.4, 0.5) is 0 Å². The summed E-state index contributed by atoms with van der Waals surface area (Å²) in [5.74, 6) is 1.09. The van der Waals surface area contributed by atoms with Crippen LogP contribution < -0.4 is 0 Å². The zero-order valence-corrected chi connectivity index (χ0v) is 35.3. The Bertz CT molecular complexity index is 3770. The van der Waals surface area contributed by atoms with Crippen molar-refractivity contribution in [3.8, 4) is 17.1 Å². The minimum absolute atomic E-state index is 0.269. The van der Waals surface area contributed by atoms with Gasteiger partial charge in [0.1, 0.15) is 0 Å². The Morgan fingerprint density at radius 3 is 2.21 bits per heavy atom. The molecule has 6 aromatic carbocycles. The SMILES string of the molecule is C1=CCCC(N2C3CC(c4nc(-n5c6ccc(-c7cccc8c7sc7ccccc78)cc6c6c7sc8ccccc8c7ccc65)nc5ccccc45)=CC=C3C3C=CC=CC32)=C1. The fourth-order valence-corrected chi connectivity index (χ4v) is 13.6. The van der Waals surface area contributed by atoms with Crippen LogP contribution in [-0.2, 0) is 0 Å². The predicted molar refractivity (Wildman–Crippen MR) is 263 cm³/mol. The van der Waals surface area contributed by atoms with Gasteiger partial charge in [0.05, 0.1) is 34.3 Å². The smallest absolute Gasteiger partial charge is 0.235 e. The molecule has 1 saturated heterocycles. The first-order valence-corrected chi connectivity index (χ1v) is 23.3. The molecule has 0 saturated carbocycles. The van der Waals surface area contributed by atoms with E-state index in [0.29, 0.717) is 17.9 Å². The van der Waals surface area contributed by atoms with Gasteiger partial charge in [0, 0.05) is 68.1 Å². The third-order valence-electron chi connectivity index (χ3n) is 13.8. The van der Waals surface area contributed by atoms with Gasteiger partial charge in [-0.3, -0.25) is 4.57 Å². The molecule has 0 spiro atoms. The molecule has 4 aromatic heterocycles. The first-order chi connectivity index (χ1) is 30.7. The molecule has 3 unspecified atom stereocenters. The molecule has 10 aromatic rings. The number of hydrogen-bond acceptors (Lipinski definition) is 5. The Balaban J connectivity index is 0.992. The highest BCUT2D eigenvalue weighted by molar-refractivity contribution is 7.27. The van der Waals surface area contributed by atoms with Crippen molar-refractivity contribution in [1.82, 2.24) is 19.4 Å². The van der Waals surface area contributed by atoms with Gasteiger partial charge in [-0.25, -0.2) is 9.97 Å². The van der Waals surface area contributed by atoms with Crippen LogP contribution in [0.1, 0.15) is 25.0 Å². The van der Waals surface area contributed by atoms with Gasteiger partial charge in [0.25, 0.3) is 0 Å². The molecule has 0 radical (unpaired) electrons. The maximum absolute atomic E-state index is 5.67. The lowest BCUT2D eigenvalue weighted by atomic mass is 9.84. The Hall–Kier alpha value is -6.86. The molecule has 4 nitrogen and oxygen atoms in total. The molecule has 294 valence electrons. The molecule has 1 fully saturated rings. The van der Waals surface area contributed by atoms with Crippen LogP contribution >= 0.6 is 22.7 Å². The van der Waals surface area contributed by atoms with Crippen LogP contribution in [0.15, 0.2) is 187 Å². The van der Waals surface area contributed by atoms with Crippen molar-refractivity contribution in [1.29, 1.82) is 0 Å². The van der Waals surface area contributed by atoms with E-state index in [4.69, 9.17) is 9.97 Å². The summed E-state index contributed by atoms with van der Waals surface area (Å²) in [7, 11) is 0. The molecule has 1 aliphatic heterocycles. The van der Waals surface area contributed by atoms with E-state index in [-0.39, 0.29) is 6.04 Å². The molecule has 3 aliphatic carbocycles. The second kappa shape index (κ2) is 13.3. The van der Waals surface area contributed by atoms with E-state index in [2.05, 4.69) is 185 Å². The number of hydrogen-bond donors (Lipinski definition) is 0. The van der Waals surface area contributed by atoms with Gasteiger partial charge in [-0.2, -0.15) is 0 Å². The zero-order chi connectivity index (χ0) is 40.5. The Morgan fingerprint density at radius 1 is 0.597 bits per heavy atom. The second-order valence-electron chi connectivity index (χ2n) is 17.1.